The number of hydrogen-bond acceptors (Lipinski definition) is 6. The van der Waals surface area contributed by atoms with Crippen LogP contribution in [-0.2, 0) is 9.53 Å². The third-order valence-corrected chi connectivity index (χ3v) is 5.04. The van der Waals surface area contributed by atoms with E-state index in [-0.39, 0.29) is 18.6 Å². The molecule has 0 spiro atoms. The fourth-order valence-corrected chi connectivity index (χ4v) is 3.48. The molecule has 0 aliphatic carbocycles. The predicted octanol–water partition coefficient (Wildman–Crippen LogP) is 3.14. The standard InChI is InChI=1S/C23H23NO6/c1-27-16-6-4-15(5-7-16)20-12-23(26)30-21-11-17(8-9-19(20)21)29-14-22(25)24-13-18-3-2-10-28-18/h4-9,11-12,18H,2-3,10,13-14H2,1H3,(H,24,25)/t18-/m0/s1. The zero-order valence-corrected chi connectivity index (χ0v) is 16.7. The van der Waals surface area contributed by atoms with Crippen molar-refractivity contribution < 1.29 is 23.4 Å². The summed E-state index contributed by atoms with van der Waals surface area (Å²) in [7, 11) is 1.60. The highest BCUT2D eigenvalue weighted by Crippen LogP contribution is 2.30. The van der Waals surface area contributed by atoms with Gasteiger partial charge in [0.1, 0.15) is 17.1 Å². The van der Waals surface area contributed by atoms with Crippen molar-refractivity contribution in [1.82, 2.24) is 5.32 Å². The van der Waals surface area contributed by atoms with E-state index in [4.69, 9.17) is 18.6 Å². The Balaban J connectivity index is 1.48. The monoisotopic (exact) mass is 409 g/mol. The summed E-state index contributed by atoms with van der Waals surface area (Å²) >= 11 is 0. The van der Waals surface area contributed by atoms with Crippen LogP contribution in [0.25, 0.3) is 22.1 Å². The van der Waals surface area contributed by atoms with Crippen LogP contribution in [0.4, 0.5) is 0 Å². The Labute approximate surface area is 173 Å². The lowest BCUT2D eigenvalue weighted by molar-refractivity contribution is -0.123. The van der Waals surface area contributed by atoms with Gasteiger partial charge in [0.15, 0.2) is 6.61 Å². The zero-order chi connectivity index (χ0) is 20.9. The normalized spacial score (nSPS) is 15.8. The highest BCUT2D eigenvalue weighted by atomic mass is 16.5. The maximum atomic E-state index is 12.1. The molecular formula is C23H23NO6. The van der Waals surface area contributed by atoms with E-state index in [2.05, 4.69) is 5.32 Å². The summed E-state index contributed by atoms with van der Waals surface area (Å²) in [6, 6.07) is 14.1. The van der Waals surface area contributed by atoms with E-state index in [0.29, 0.717) is 17.9 Å². The summed E-state index contributed by atoms with van der Waals surface area (Å²) in [5.74, 6) is 0.961. The third kappa shape index (κ3) is 4.63. The molecule has 7 nitrogen and oxygen atoms in total. The van der Waals surface area contributed by atoms with E-state index < -0.39 is 5.63 Å². The molecule has 1 fully saturated rings. The van der Waals surface area contributed by atoms with Crippen LogP contribution in [0.1, 0.15) is 12.8 Å². The van der Waals surface area contributed by atoms with E-state index in [0.717, 1.165) is 41.7 Å². The van der Waals surface area contributed by atoms with E-state index >= 15 is 0 Å². The molecule has 0 bridgehead atoms. The van der Waals surface area contributed by atoms with Gasteiger partial charge in [-0.25, -0.2) is 4.79 Å². The van der Waals surface area contributed by atoms with Crippen LogP contribution in [-0.4, -0.2) is 38.9 Å². The minimum absolute atomic E-state index is 0.0836. The Hall–Kier alpha value is -3.32. The van der Waals surface area contributed by atoms with Gasteiger partial charge in [0.05, 0.1) is 13.2 Å². The van der Waals surface area contributed by atoms with E-state index in [1.165, 1.54) is 6.07 Å². The number of benzene rings is 2. The lowest BCUT2D eigenvalue weighted by Crippen LogP contribution is -2.35. The summed E-state index contributed by atoms with van der Waals surface area (Å²) in [6.07, 6.45) is 2.07. The van der Waals surface area contributed by atoms with Crippen LogP contribution in [0.3, 0.4) is 0 Å². The van der Waals surface area contributed by atoms with Crippen LogP contribution >= 0.6 is 0 Å². The van der Waals surface area contributed by atoms with E-state index in [1.54, 1.807) is 19.2 Å². The van der Waals surface area contributed by atoms with Crippen LogP contribution in [0.2, 0.25) is 0 Å². The van der Waals surface area contributed by atoms with Gasteiger partial charge in [-0.05, 0) is 48.2 Å². The molecule has 156 valence electrons. The second-order valence-electron chi connectivity index (χ2n) is 7.09. The highest BCUT2D eigenvalue weighted by molar-refractivity contribution is 5.93. The maximum Gasteiger partial charge on any atom is 0.336 e. The largest absolute Gasteiger partial charge is 0.497 e. The molecule has 4 rings (SSSR count). The summed E-state index contributed by atoms with van der Waals surface area (Å²) < 4.78 is 21.6. The predicted molar refractivity (Wildman–Crippen MR) is 112 cm³/mol. The van der Waals surface area contributed by atoms with Gasteiger partial charge in [0.2, 0.25) is 0 Å². The van der Waals surface area contributed by atoms with Crippen molar-refractivity contribution in [1.29, 1.82) is 0 Å². The van der Waals surface area contributed by atoms with Crippen molar-refractivity contribution in [3.05, 3.63) is 59.0 Å². The summed E-state index contributed by atoms with van der Waals surface area (Å²) in [6.45, 7) is 1.11. The van der Waals surface area contributed by atoms with Crippen molar-refractivity contribution in [2.24, 2.45) is 0 Å². The lowest BCUT2D eigenvalue weighted by Gasteiger charge is -2.12. The summed E-state index contributed by atoms with van der Waals surface area (Å²) in [4.78, 5) is 24.1. The van der Waals surface area contributed by atoms with Gasteiger partial charge >= 0.3 is 5.63 Å². The Morgan fingerprint density at radius 2 is 1.93 bits per heavy atom. The first-order valence-electron chi connectivity index (χ1n) is 9.86. The van der Waals surface area contributed by atoms with E-state index in [9.17, 15) is 9.59 Å². The number of carbonyl (C=O) groups is 1. The van der Waals surface area contributed by atoms with Crippen molar-refractivity contribution >= 4 is 16.9 Å². The number of carbonyl (C=O) groups excluding carboxylic acids is 1. The summed E-state index contributed by atoms with van der Waals surface area (Å²) in [5, 5.41) is 3.58. The molecule has 2 aromatic carbocycles. The minimum atomic E-state index is -0.459. The van der Waals surface area contributed by atoms with E-state index in [1.807, 2.05) is 30.3 Å². The molecule has 7 heteroatoms. The smallest absolute Gasteiger partial charge is 0.336 e. The second kappa shape index (κ2) is 9.00. The van der Waals surface area contributed by atoms with Crippen LogP contribution in [0.15, 0.2) is 57.7 Å². The van der Waals surface area contributed by atoms with Gasteiger partial charge in [-0.1, -0.05) is 12.1 Å². The van der Waals surface area contributed by atoms with Crippen molar-refractivity contribution in [3.8, 4) is 22.6 Å². The molecule has 0 radical (unpaired) electrons. The number of methoxy groups -OCH3 is 1. The number of ether oxygens (including phenoxy) is 3. The van der Waals surface area contributed by atoms with Gasteiger partial charge in [0, 0.05) is 30.7 Å². The number of nitrogens with one attached hydrogen (secondary N) is 1. The van der Waals surface area contributed by atoms with Gasteiger partial charge < -0.3 is 23.9 Å². The first kappa shape index (κ1) is 20.0. The van der Waals surface area contributed by atoms with Gasteiger partial charge in [-0.3, -0.25) is 4.79 Å². The Morgan fingerprint density at radius 3 is 2.67 bits per heavy atom. The van der Waals surface area contributed by atoms with Crippen molar-refractivity contribution in [2.45, 2.75) is 18.9 Å². The molecule has 1 aromatic heterocycles. The van der Waals surface area contributed by atoms with Crippen LogP contribution < -0.4 is 20.4 Å². The average Bonchev–Trinajstić information content (AvgIpc) is 3.29. The van der Waals surface area contributed by atoms with Crippen LogP contribution in [0, 0.1) is 0 Å². The quantitative estimate of drug-likeness (QED) is 0.604. The zero-order valence-electron chi connectivity index (χ0n) is 16.7. The first-order chi connectivity index (χ1) is 14.6. The minimum Gasteiger partial charge on any atom is -0.497 e. The lowest BCUT2D eigenvalue weighted by atomic mass is 10.0. The number of fused-ring (bicyclic) bond motifs is 1. The van der Waals surface area contributed by atoms with Crippen molar-refractivity contribution in [2.75, 3.05) is 26.9 Å². The fraction of sp³-hybridized carbons (Fsp3) is 0.304. The molecule has 1 saturated heterocycles. The topological polar surface area (TPSA) is 87.0 Å². The molecule has 0 saturated carbocycles. The first-order valence-corrected chi connectivity index (χ1v) is 9.86. The highest BCUT2D eigenvalue weighted by Gasteiger charge is 2.16. The van der Waals surface area contributed by atoms with Crippen molar-refractivity contribution in [3.63, 3.8) is 0 Å². The molecule has 2 heterocycles. The molecule has 0 unspecified atom stereocenters. The molecule has 1 aliphatic heterocycles. The molecule has 1 atom stereocenters. The number of amides is 1. The SMILES string of the molecule is COc1ccc(-c2cc(=O)oc3cc(OCC(=O)NC[C@@H]4CCCO4)ccc23)cc1. The van der Waals surface area contributed by atoms with Crippen LogP contribution in [0.5, 0.6) is 11.5 Å². The Bertz CT molecular complexity index is 1080. The van der Waals surface area contributed by atoms with Gasteiger partial charge in [-0.15, -0.1) is 0 Å². The molecular weight excluding hydrogens is 386 g/mol. The molecule has 1 N–H and O–H groups in total. The molecule has 1 aliphatic rings. The van der Waals surface area contributed by atoms with Gasteiger partial charge in [-0.2, -0.15) is 0 Å². The Kier molecular flexibility index (Phi) is 5.99. The van der Waals surface area contributed by atoms with Gasteiger partial charge in [0.25, 0.3) is 5.91 Å². The molecule has 3 aromatic rings. The molecule has 30 heavy (non-hydrogen) atoms. The Morgan fingerprint density at radius 1 is 1.13 bits per heavy atom. The second-order valence-corrected chi connectivity index (χ2v) is 7.09. The average molecular weight is 409 g/mol. The number of rotatable bonds is 7. The third-order valence-electron chi connectivity index (χ3n) is 5.04. The molecule has 1 amide bonds. The fourth-order valence-electron chi connectivity index (χ4n) is 3.48. The summed E-state index contributed by atoms with van der Waals surface area (Å²) in [5.41, 5.74) is 1.56. The maximum absolute atomic E-state index is 12.1. The number of hydrogen-bond donors (Lipinski definition) is 1.